The third-order valence-electron chi connectivity index (χ3n) is 1.83. The number of nitrogens with zero attached hydrogens (tertiary/aromatic N) is 1. The van der Waals surface area contributed by atoms with Crippen LogP contribution in [0.25, 0.3) is 0 Å². The molecular formula is C10H13NO2. The minimum absolute atomic E-state index is 0.0210. The molecule has 0 unspecified atom stereocenters. The largest absolute Gasteiger partial charge is 0.396 e. The van der Waals surface area contributed by atoms with E-state index in [2.05, 4.69) is 4.98 Å². The van der Waals surface area contributed by atoms with Gasteiger partial charge in [-0.2, -0.15) is 0 Å². The summed E-state index contributed by atoms with van der Waals surface area (Å²) in [5.74, 6) is 0.0577. The first-order valence-electron chi connectivity index (χ1n) is 4.28. The molecule has 0 radical (unpaired) electrons. The summed E-state index contributed by atoms with van der Waals surface area (Å²) in [4.78, 5) is 15.3. The Morgan fingerprint density at radius 2 is 2.46 bits per heavy atom. The summed E-state index contributed by atoms with van der Waals surface area (Å²) in [7, 11) is 0. The number of hydrogen-bond acceptors (Lipinski definition) is 3. The highest BCUT2D eigenvalue weighted by atomic mass is 16.3. The zero-order valence-corrected chi connectivity index (χ0v) is 7.60. The summed E-state index contributed by atoms with van der Waals surface area (Å²) in [5.41, 5.74) is 0.614. The molecule has 1 heterocycles. The first kappa shape index (κ1) is 9.86. The number of rotatable bonds is 4. The van der Waals surface area contributed by atoms with Crippen LogP contribution < -0.4 is 0 Å². The third-order valence-corrected chi connectivity index (χ3v) is 1.83. The lowest BCUT2D eigenvalue weighted by Crippen LogP contribution is -2.09. The van der Waals surface area contributed by atoms with Gasteiger partial charge in [0, 0.05) is 31.0 Å². The fraction of sp³-hybridized carbons (Fsp3) is 0.400. The van der Waals surface area contributed by atoms with Crippen LogP contribution in [0.1, 0.15) is 23.7 Å². The number of carbonyl (C=O) groups is 1. The summed E-state index contributed by atoms with van der Waals surface area (Å²) in [6, 6.07) is 3.47. The van der Waals surface area contributed by atoms with Crippen LogP contribution in [0.5, 0.6) is 0 Å². The lowest BCUT2D eigenvalue weighted by Gasteiger charge is -2.05. The Hall–Kier alpha value is -1.22. The maximum absolute atomic E-state index is 11.5. The van der Waals surface area contributed by atoms with Crippen molar-refractivity contribution in [3.63, 3.8) is 0 Å². The topological polar surface area (TPSA) is 50.2 Å². The SMILES string of the molecule is C[C@@H](CO)CC(=O)c1cccnc1. The molecule has 13 heavy (non-hydrogen) atoms. The van der Waals surface area contributed by atoms with Gasteiger partial charge in [-0.3, -0.25) is 9.78 Å². The molecule has 70 valence electrons. The van der Waals surface area contributed by atoms with Crippen LogP contribution >= 0.6 is 0 Å². The molecule has 0 aliphatic rings. The van der Waals surface area contributed by atoms with Crippen LogP contribution in [0.4, 0.5) is 0 Å². The second-order valence-electron chi connectivity index (χ2n) is 3.16. The standard InChI is InChI=1S/C10H13NO2/c1-8(7-12)5-10(13)9-3-2-4-11-6-9/h2-4,6,8,12H,5,7H2,1H3/t8-/m1/s1. The van der Waals surface area contributed by atoms with Gasteiger partial charge in [0.05, 0.1) is 0 Å². The highest BCUT2D eigenvalue weighted by Gasteiger charge is 2.09. The zero-order valence-electron chi connectivity index (χ0n) is 7.60. The average molecular weight is 179 g/mol. The number of Topliss-reactive ketones (excluding diaryl/α,β-unsaturated/α-hetero) is 1. The predicted molar refractivity (Wildman–Crippen MR) is 49.4 cm³/mol. The van der Waals surface area contributed by atoms with Crippen molar-refractivity contribution in [1.29, 1.82) is 0 Å². The molecule has 0 aliphatic heterocycles. The Balaban J connectivity index is 2.59. The smallest absolute Gasteiger partial charge is 0.164 e. The lowest BCUT2D eigenvalue weighted by atomic mass is 10.0. The van der Waals surface area contributed by atoms with E-state index in [1.165, 1.54) is 0 Å². The van der Waals surface area contributed by atoms with Crippen molar-refractivity contribution in [2.24, 2.45) is 5.92 Å². The normalized spacial score (nSPS) is 12.5. The summed E-state index contributed by atoms with van der Waals surface area (Å²) < 4.78 is 0. The van der Waals surface area contributed by atoms with E-state index in [0.717, 1.165) is 0 Å². The second kappa shape index (κ2) is 4.72. The first-order chi connectivity index (χ1) is 6.24. The molecule has 0 fully saturated rings. The van der Waals surface area contributed by atoms with Crippen LogP contribution in [-0.4, -0.2) is 22.5 Å². The maximum Gasteiger partial charge on any atom is 0.164 e. The van der Waals surface area contributed by atoms with E-state index in [-0.39, 0.29) is 18.3 Å². The van der Waals surface area contributed by atoms with E-state index in [9.17, 15) is 4.79 Å². The van der Waals surface area contributed by atoms with Crippen LogP contribution in [0.2, 0.25) is 0 Å². The Kier molecular flexibility index (Phi) is 3.58. The van der Waals surface area contributed by atoms with Crippen LogP contribution in [-0.2, 0) is 0 Å². The van der Waals surface area contributed by atoms with Crippen molar-refractivity contribution in [1.82, 2.24) is 4.98 Å². The van der Waals surface area contributed by atoms with Gasteiger partial charge in [-0.15, -0.1) is 0 Å². The number of ketones is 1. The van der Waals surface area contributed by atoms with Gasteiger partial charge in [0.25, 0.3) is 0 Å². The molecule has 0 bridgehead atoms. The molecule has 1 aromatic heterocycles. The molecule has 3 nitrogen and oxygen atoms in total. The molecule has 0 amide bonds. The molecular weight excluding hydrogens is 166 g/mol. The molecule has 1 N–H and O–H groups in total. The summed E-state index contributed by atoms with van der Waals surface area (Å²) in [6.07, 6.45) is 3.56. The van der Waals surface area contributed by atoms with Crippen molar-refractivity contribution in [2.45, 2.75) is 13.3 Å². The first-order valence-corrected chi connectivity index (χ1v) is 4.28. The molecule has 1 aromatic rings. The summed E-state index contributed by atoms with van der Waals surface area (Å²) in [6.45, 7) is 1.89. The molecule has 0 saturated carbocycles. The van der Waals surface area contributed by atoms with Gasteiger partial charge in [0.15, 0.2) is 5.78 Å². The number of carbonyl (C=O) groups excluding carboxylic acids is 1. The summed E-state index contributed by atoms with van der Waals surface area (Å²) >= 11 is 0. The quantitative estimate of drug-likeness (QED) is 0.708. The number of aromatic nitrogens is 1. The number of aliphatic hydroxyl groups excluding tert-OH is 1. The lowest BCUT2D eigenvalue weighted by molar-refractivity contribution is 0.0943. The minimum Gasteiger partial charge on any atom is -0.396 e. The van der Waals surface area contributed by atoms with Crippen molar-refractivity contribution < 1.29 is 9.90 Å². The Bertz CT molecular complexity index is 272. The van der Waals surface area contributed by atoms with Gasteiger partial charge in [-0.05, 0) is 18.1 Å². The van der Waals surface area contributed by atoms with Gasteiger partial charge in [-0.25, -0.2) is 0 Å². The minimum atomic E-state index is 0.0210. The van der Waals surface area contributed by atoms with E-state index in [4.69, 9.17) is 5.11 Å². The van der Waals surface area contributed by atoms with Crippen LogP contribution in [0.3, 0.4) is 0 Å². The Labute approximate surface area is 77.4 Å². The number of hydrogen-bond donors (Lipinski definition) is 1. The van der Waals surface area contributed by atoms with Gasteiger partial charge < -0.3 is 5.11 Å². The molecule has 1 atom stereocenters. The van der Waals surface area contributed by atoms with Crippen molar-refractivity contribution in [3.05, 3.63) is 30.1 Å². The van der Waals surface area contributed by atoms with E-state index in [1.54, 1.807) is 24.5 Å². The van der Waals surface area contributed by atoms with E-state index < -0.39 is 0 Å². The monoisotopic (exact) mass is 179 g/mol. The fourth-order valence-electron chi connectivity index (χ4n) is 1.03. The molecule has 0 aliphatic carbocycles. The second-order valence-corrected chi connectivity index (χ2v) is 3.16. The average Bonchev–Trinajstić information content (AvgIpc) is 2.19. The predicted octanol–water partition coefficient (Wildman–Crippen LogP) is 1.28. The van der Waals surface area contributed by atoms with E-state index in [0.29, 0.717) is 12.0 Å². The molecule has 0 saturated heterocycles. The fourth-order valence-corrected chi connectivity index (χ4v) is 1.03. The van der Waals surface area contributed by atoms with Gasteiger partial charge >= 0.3 is 0 Å². The highest BCUT2D eigenvalue weighted by Crippen LogP contribution is 2.07. The van der Waals surface area contributed by atoms with Crippen LogP contribution in [0.15, 0.2) is 24.5 Å². The van der Waals surface area contributed by atoms with Crippen molar-refractivity contribution >= 4 is 5.78 Å². The molecule has 0 aromatic carbocycles. The summed E-state index contributed by atoms with van der Waals surface area (Å²) in [5, 5.41) is 8.76. The van der Waals surface area contributed by atoms with Gasteiger partial charge in [0.1, 0.15) is 0 Å². The molecule has 3 heteroatoms. The van der Waals surface area contributed by atoms with Crippen LogP contribution in [0, 0.1) is 5.92 Å². The van der Waals surface area contributed by atoms with Gasteiger partial charge in [0.2, 0.25) is 0 Å². The number of aliphatic hydroxyl groups is 1. The van der Waals surface area contributed by atoms with E-state index in [1.807, 2.05) is 6.92 Å². The molecule has 0 spiro atoms. The highest BCUT2D eigenvalue weighted by molar-refractivity contribution is 5.95. The Morgan fingerprint density at radius 3 is 3.00 bits per heavy atom. The third kappa shape index (κ3) is 2.95. The molecule has 1 rings (SSSR count). The number of pyridine rings is 1. The van der Waals surface area contributed by atoms with Gasteiger partial charge in [-0.1, -0.05) is 6.92 Å². The van der Waals surface area contributed by atoms with E-state index >= 15 is 0 Å². The van der Waals surface area contributed by atoms with Crippen molar-refractivity contribution in [2.75, 3.05) is 6.61 Å². The Morgan fingerprint density at radius 1 is 1.69 bits per heavy atom. The maximum atomic E-state index is 11.5. The van der Waals surface area contributed by atoms with Crippen molar-refractivity contribution in [3.8, 4) is 0 Å². The zero-order chi connectivity index (χ0) is 9.68.